The average molecular weight is 409 g/mol. The lowest BCUT2D eigenvalue weighted by Crippen LogP contribution is -2.36. The van der Waals surface area contributed by atoms with Gasteiger partial charge in [0.25, 0.3) is 0 Å². The van der Waals surface area contributed by atoms with Gasteiger partial charge >= 0.3 is 6.03 Å². The number of amides is 2. The predicted molar refractivity (Wildman–Crippen MR) is 118 cm³/mol. The van der Waals surface area contributed by atoms with Crippen molar-refractivity contribution in [1.29, 1.82) is 0 Å². The fourth-order valence-corrected chi connectivity index (χ4v) is 3.26. The Labute approximate surface area is 176 Å². The van der Waals surface area contributed by atoms with Gasteiger partial charge in [0.1, 0.15) is 12.1 Å². The lowest BCUT2D eigenvalue weighted by molar-refractivity contribution is 0.243. The smallest absolute Gasteiger partial charge is 0.319 e. The van der Waals surface area contributed by atoms with Crippen molar-refractivity contribution in [3.63, 3.8) is 0 Å². The van der Waals surface area contributed by atoms with Crippen LogP contribution in [0.25, 0.3) is 11.4 Å². The Kier molecular flexibility index (Phi) is 7.03. The average Bonchev–Trinajstić information content (AvgIpc) is 3.23. The van der Waals surface area contributed by atoms with E-state index in [2.05, 4.69) is 25.7 Å². The molecule has 3 aromatic rings. The number of methoxy groups -OCH3 is 1. The van der Waals surface area contributed by atoms with E-state index in [0.717, 1.165) is 29.2 Å². The van der Waals surface area contributed by atoms with E-state index in [1.54, 1.807) is 13.4 Å². The molecular formula is C22H28N6O2. The van der Waals surface area contributed by atoms with Crippen molar-refractivity contribution in [3.8, 4) is 17.1 Å². The number of likely N-dealkylation sites (N-methyl/N-ethyl adjacent to an activating group) is 1. The topological polar surface area (TPSA) is 84.3 Å². The first-order chi connectivity index (χ1) is 14.5. The minimum Gasteiger partial charge on any atom is -0.497 e. The van der Waals surface area contributed by atoms with Gasteiger partial charge in [0.05, 0.1) is 13.2 Å². The van der Waals surface area contributed by atoms with E-state index in [0.29, 0.717) is 12.2 Å². The lowest BCUT2D eigenvalue weighted by Gasteiger charge is -2.25. The third-order valence-corrected chi connectivity index (χ3v) is 4.89. The van der Waals surface area contributed by atoms with Gasteiger partial charge in [-0.05, 0) is 50.8 Å². The summed E-state index contributed by atoms with van der Waals surface area (Å²) in [6, 6.07) is 15.2. The van der Waals surface area contributed by atoms with Crippen LogP contribution in [0.2, 0.25) is 0 Å². The Bertz CT molecular complexity index is 985. The number of rotatable bonds is 8. The van der Waals surface area contributed by atoms with Gasteiger partial charge in [0.2, 0.25) is 0 Å². The quantitative estimate of drug-likeness (QED) is 0.597. The van der Waals surface area contributed by atoms with Crippen LogP contribution in [-0.2, 0) is 6.54 Å². The zero-order chi connectivity index (χ0) is 21.5. The van der Waals surface area contributed by atoms with Crippen LogP contribution in [0.1, 0.15) is 18.5 Å². The fourth-order valence-electron chi connectivity index (χ4n) is 3.26. The molecule has 0 fully saturated rings. The Morgan fingerprint density at radius 1 is 1.20 bits per heavy atom. The maximum absolute atomic E-state index is 12.5. The molecule has 0 aliphatic rings. The molecule has 0 radical (unpaired) electrons. The minimum absolute atomic E-state index is 0.0142. The third-order valence-electron chi connectivity index (χ3n) is 4.89. The summed E-state index contributed by atoms with van der Waals surface area (Å²) in [7, 11) is 5.61. The number of carbonyl (C=O) groups excluding carboxylic acids is 1. The molecule has 0 unspecified atom stereocenters. The molecule has 30 heavy (non-hydrogen) atoms. The Balaban J connectivity index is 1.65. The number of carbonyl (C=O) groups is 1. The number of anilines is 1. The molecule has 158 valence electrons. The van der Waals surface area contributed by atoms with Gasteiger partial charge in [0.15, 0.2) is 5.82 Å². The monoisotopic (exact) mass is 408 g/mol. The number of urea groups is 1. The van der Waals surface area contributed by atoms with Crippen LogP contribution in [-0.4, -0.2) is 53.4 Å². The van der Waals surface area contributed by atoms with Gasteiger partial charge in [0, 0.05) is 24.3 Å². The van der Waals surface area contributed by atoms with Crippen molar-refractivity contribution < 1.29 is 9.53 Å². The van der Waals surface area contributed by atoms with E-state index in [4.69, 9.17) is 4.74 Å². The maximum atomic E-state index is 12.5. The van der Waals surface area contributed by atoms with Gasteiger partial charge in [-0.25, -0.2) is 4.79 Å². The summed E-state index contributed by atoms with van der Waals surface area (Å²) in [6.45, 7) is 3.26. The summed E-state index contributed by atoms with van der Waals surface area (Å²) in [5.74, 6) is 1.56. The number of ether oxygens (including phenoxy) is 1. The van der Waals surface area contributed by atoms with Crippen LogP contribution in [0.5, 0.6) is 5.75 Å². The zero-order valence-electron chi connectivity index (χ0n) is 17.8. The summed E-state index contributed by atoms with van der Waals surface area (Å²) in [5.41, 5.74) is 2.66. The zero-order valence-corrected chi connectivity index (χ0v) is 17.8. The highest BCUT2D eigenvalue weighted by Gasteiger charge is 2.16. The Morgan fingerprint density at radius 3 is 2.73 bits per heavy atom. The second kappa shape index (κ2) is 9.89. The van der Waals surface area contributed by atoms with E-state index < -0.39 is 0 Å². The van der Waals surface area contributed by atoms with Crippen LogP contribution in [0.15, 0.2) is 54.9 Å². The van der Waals surface area contributed by atoms with Crippen LogP contribution in [0, 0.1) is 0 Å². The first-order valence-corrected chi connectivity index (χ1v) is 9.85. The standard InChI is InChI=1S/C22H28N6O2/c1-5-28-15-24-26-21(28)17-9-6-10-18(12-17)25-22(29)23-14-20(27(2)3)16-8-7-11-19(13-16)30-4/h6-13,15,20H,5,14H2,1-4H3,(H2,23,25,29)/t20-/m0/s1. The molecule has 1 heterocycles. The highest BCUT2D eigenvalue weighted by atomic mass is 16.5. The Morgan fingerprint density at radius 2 is 2.00 bits per heavy atom. The molecule has 0 saturated carbocycles. The first-order valence-electron chi connectivity index (χ1n) is 9.85. The largest absolute Gasteiger partial charge is 0.497 e. The van der Waals surface area contributed by atoms with Crippen molar-refractivity contribution >= 4 is 11.7 Å². The molecule has 0 bridgehead atoms. The fraction of sp³-hybridized carbons (Fsp3) is 0.318. The first kappa shape index (κ1) is 21.3. The van der Waals surface area contributed by atoms with Crippen LogP contribution in [0.4, 0.5) is 10.5 Å². The molecule has 1 atom stereocenters. The van der Waals surface area contributed by atoms with Crippen LogP contribution in [0.3, 0.4) is 0 Å². The lowest BCUT2D eigenvalue weighted by atomic mass is 10.1. The van der Waals surface area contributed by atoms with E-state index >= 15 is 0 Å². The van der Waals surface area contributed by atoms with Crippen LogP contribution < -0.4 is 15.4 Å². The van der Waals surface area contributed by atoms with Gasteiger partial charge in [-0.3, -0.25) is 0 Å². The molecule has 0 aliphatic carbocycles. The Hall–Kier alpha value is -3.39. The summed E-state index contributed by atoms with van der Waals surface area (Å²) >= 11 is 0. The predicted octanol–water partition coefficient (Wildman–Crippen LogP) is 3.40. The molecule has 2 N–H and O–H groups in total. The van der Waals surface area contributed by atoms with E-state index in [-0.39, 0.29) is 12.1 Å². The molecule has 0 spiro atoms. The molecule has 3 rings (SSSR count). The SMILES string of the molecule is CCn1cnnc1-c1cccc(NC(=O)NC[C@@H](c2cccc(OC)c2)N(C)C)c1. The minimum atomic E-state index is -0.265. The van der Waals surface area contributed by atoms with Crippen molar-refractivity contribution in [1.82, 2.24) is 25.0 Å². The third kappa shape index (κ3) is 5.15. The van der Waals surface area contributed by atoms with Gasteiger partial charge in [-0.2, -0.15) is 0 Å². The summed E-state index contributed by atoms with van der Waals surface area (Å²) in [6.07, 6.45) is 1.70. The highest BCUT2D eigenvalue weighted by Crippen LogP contribution is 2.23. The van der Waals surface area contributed by atoms with Crippen molar-refractivity contribution in [2.45, 2.75) is 19.5 Å². The number of aromatic nitrogens is 3. The number of hydrogen-bond acceptors (Lipinski definition) is 5. The molecule has 2 aromatic carbocycles. The van der Waals surface area contributed by atoms with E-state index in [9.17, 15) is 4.79 Å². The van der Waals surface area contributed by atoms with Gasteiger partial charge in [-0.1, -0.05) is 24.3 Å². The summed E-state index contributed by atoms with van der Waals surface area (Å²) in [4.78, 5) is 14.6. The molecule has 2 amide bonds. The van der Waals surface area contributed by atoms with Crippen LogP contribution >= 0.6 is 0 Å². The maximum Gasteiger partial charge on any atom is 0.319 e. The second-order valence-electron chi connectivity index (χ2n) is 7.11. The number of aryl methyl sites for hydroxylation is 1. The number of nitrogens with zero attached hydrogens (tertiary/aromatic N) is 4. The number of benzene rings is 2. The molecule has 8 nitrogen and oxygen atoms in total. The van der Waals surface area contributed by atoms with Crippen molar-refractivity contribution in [2.75, 3.05) is 33.1 Å². The molecular weight excluding hydrogens is 380 g/mol. The number of hydrogen-bond donors (Lipinski definition) is 2. The number of nitrogens with one attached hydrogen (secondary N) is 2. The molecule has 8 heteroatoms. The van der Waals surface area contributed by atoms with Gasteiger partial charge < -0.3 is 24.8 Å². The molecule has 1 aromatic heterocycles. The highest BCUT2D eigenvalue weighted by molar-refractivity contribution is 5.90. The van der Waals surface area contributed by atoms with Crippen molar-refractivity contribution in [3.05, 3.63) is 60.4 Å². The second-order valence-corrected chi connectivity index (χ2v) is 7.11. The van der Waals surface area contributed by atoms with Crippen molar-refractivity contribution in [2.24, 2.45) is 0 Å². The summed E-state index contributed by atoms with van der Waals surface area (Å²) in [5, 5.41) is 14.0. The van der Waals surface area contributed by atoms with E-state index in [1.807, 2.05) is 74.1 Å². The normalized spacial score (nSPS) is 11.9. The van der Waals surface area contributed by atoms with E-state index in [1.165, 1.54) is 0 Å². The molecule has 0 aliphatic heterocycles. The van der Waals surface area contributed by atoms with Gasteiger partial charge in [-0.15, -0.1) is 10.2 Å². The summed E-state index contributed by atoms with van der Waals surface area (Å²) < 4.78 is 7.27. The molecule has 0 saturated heterocycles.